The van der Waals surface area contributed by atoms with E-state index < -0.39 is 0 Å². The van der Waals surface area contributed by atoms with Gasteiger partial charge in [0.25, 0.3) is 5.91 Å². The van der Waals surface area contributed by atoms with Crippen molar-refractivity contribution in [3.05, 3.63) is 46.4 Å². The number of rotatable bonds is 4. The van der Waals surface area contributed by atoms with Crippen LogP contribution in [0.5, 0.6) is 0 Å². The van der Waals surface area contributed by atoms with Crippen molar-refractivity contribution in [1.29, 1.82) is 0 Å². The first-order valence-electron chi connectivity index (χ1n) is 6.99. The van der Waals surface area contributed by atoms with Crippen molar-refractivity contribution in [2.75, 3.05) is 13.1 Å². The summed E-state index contributed by atoms with van der Waals surface area (Å²) in [6, 6.07) is 6.33. The van der Waals surface area contributed by atoms with E-state index in [1.54, 1.807) is 23.7 Å². The van der Waals surface area contributed by atoms with Crippen LogP contribution in [0.2, 0.25) is 0 Å². The van der Waals surface area contributed by atoms with E-state index in [0.29, 0.717) is 5.56 Å². The molecular formula is C15H19N3OS. The molecule has 2 aromatic heterocycles. The van der Waals surface area contributed by atoms with Crippen molar-refractivity contribution >= 4 is 17.2 Å². The topological polar surface area (TPSA) is 48.1 Å². The van der Waals surface area contributed by atoms with Crippen molar-refractivity contribution < 1.29 is 4.79 Å². The minimum Gasteiger partial charge on any atom is -0.367 e. The van der Waals surface area contributed by atoms with Gasteiger partial charge in [0.05, 0.1) is 5.56 Å². The van der Waals surface area contributed by atoms with E-state index in [-0.39, 0.29) is 11.9 Å². The van der Waals surface area contributed by atoms with Gasteiger partial charge < -0.3 is 10.3 Å². The van der Waals surface area contributed by atoms with Crippen LogP contribution in [0.25, 0.3) is 0 Å². The van der Waals surface area contributed by atoms with Gasteiger partial charge in [0, 0.05) is 36.4 Å². The number of nitrogens with one attached hydrogen (secondary N) is 2. The van der Waals surface area contributed by atoms with Gasteiger partial charge in [0.15, 0.2) is 0 Å². The summed E-state index contributed by atoms with van der Waals surface area (Å²) in [6.45, 7) is 3.05. The second-order valence-corrected chi connectivity index (χ2v) is 6.26. The molecule has 1 saturated heterocycles. The normalized spacial score (nSPS) is 19.9. The molecule has 0 bridgehead atoms. The summed E-state index contributed by atoms with van der Waals surface area (Å²) in [5.41, 5.74) is 0.709. The zero-order valence-corrected chi connectivity index (χ0v) is 12.2. The molecular weight excluding hydrogens is 270 g/mol. The van der Waals surface area contributed by atoms with Gasteiger partial charge in [0.2, 0.25) is 0 Å². The summed E-state index contributed by atoms with van der Waals surface area (Å²) < 4.78 is 0. The van der Waals surface area contributed by atoms with Crippen LogP contribution in [-0.2, 0) is 6.54 Å². The number of thiophene rings is 1. The quantitative estimate of drug-likeness (QED) is 0.908. The molecule has 3 rings (SSSR count). The number of carbonyl (C=O) groups is 1. The molecule has 2 N–H and O–H groups in total. The molecule has 4 nitrogen and oxygen atoms in total. The van der Waals surface area contributed by atoms with Crippen LogP contribution in [0.15, 0.2) is 36.0 Å². The Bertz CT molecular complexity index is 535. The van der Waals surface area contributed by atoms with E-state index >= 15 is 0 Å². The molecule has 20 heavy (non-hydrogen) atoms. The standard InChI is InChI=1S/C15H19N3OS/c19-15(12-5-6-16-9-12)17-13-3-1-7-18(10-13)11-14-4-2-8-20-14/h2,4-6,8-9,13,16H,1,3,7,10-11H2,(H,17,19). The summed E-state index contributed by atoms with van der Waals surface area (Å²) in [7, 11) is 0. The first-order chi connectivity index (χ1) is 9.81. The maximum absolute atomic E-state index is 12.1. The van der Waals surface area contributed by atoms with Crippen LogP contribution in [0, 0.1) is 0 Å². The van der Waals surface area contributed by atoms with Crippen LogP contribution < -0.4 is 5.32 Å². The third-order valence-electron chi connectivity index (χ3n) is 3.66. The third kappa shape index (κ3) is 3.29. The Hall–Kier alpha value is -1.59. The molecule has 0 spiro atoms. The summed E-state index contributed by atoms with van der Waals surface area (Å²) in [5.74, 6) is 0.0224. The van der Waals surface area contributed by atoms with Gasteiger partial charge in [0.1, 0.15) is 0 Å². The second kappa shape index (κ2) is 6.24. The zero-order chi connectivity index (χ0) is 13.8. The van der Waals surface area contributed by atoms with E-state index in [0.717, 1.165) is 32.5 Å². The van der Waals surface area contributed by atoms with E-state index in [9.17, 15) is 4.79 Å². The van der Waals surface area contributed by atoms with Gasteiger partial charge >= 0.3 is 0 Å². The predicted molar refractivity (Wildman–Crippen MR) is 80.9 cm³/mol. The summed E-state index contributed by atoms with van der Waals surface area (Å²) in [6.07, 6.45) is 5.72. The SMILES string of the molecule is O=C(NC1CCCN(Cc2cccs2)C1)c1cc[nH]c1. The van der Waals surface area contributed by atoms with E-state index in [1.807, 2.05) is 6.07 Å². The molecule has 0 radical (unpaired) electrons. The summed E-state index contributed by atoms with van der Waals surface area (Å²) >= 11 is 1.80. The van der Waals surface area contributed by atoms with Crippen molar-refractivity contribution in [3.63, 3.8) is 0 Å². The number of hydrogen-bond acceptors (Lipinski definition) is 3. The van der Waals surface area contributed by atoms with Crippen LogP contribution in [0.4, 0.5) is 0 Å². The lowest BCUT2D eigenvalue weighted by molar-refractivity contribution is 0.0901. The number of aromatic amines is 1. The largest absolute Gasteiger partial charge is 0.367 e. The molecule has 0 aliphatic carbocycles. The molecule has 5 heteroatoms. The van der Waals surface area contributed by atoms with E-state index in [4.69, 9.17) is 0 Å². The molecule has 1 atom stereocenters. The Morgan fingerprint density at radius 3 is 3.20 bits per heavy atom. The molecule has 1 aliphatic rings. The van der Waals surface area contributed by atoms with E-state index in [1.165, 1.54) is 4.88 Å². The molecule has 1 fully saturated rings. The van der Waals surface area contributed by atoms with Crippen molar-refractivity contribution in [2.45, 2.75) is 25.4 Å². The number of piperidine rings is 1. The fourth-order valence-electron chi connectivity index (χ4n) is 2.67. The Balaban J connectivity index is 1.54. The van der Waals surface area contributed by atoms with Crippen molar-refractivity contribution in [3.8, 4) is 0 Å². The number of amides is 1. The van der Waals surface area contributed by atoms with Gasteiger partial charge in [-0.25, -0.2) is 0 Å². The Morgan fingerprint density at radius 2 is 2.45 bits per heavy atom. The fourth-order valence-corrected chi connectivity index (χ4v) is 3.42. The highest BCUT2D eigenvalue weighted by molar-refractivity contribution is 7.09. The smallest absolute Gasteiger partial charge is 0.253 e. The third-order valence-corrected chi connectivity index (χ3v) is 4.52. The Morgan fingerprint density at radius 1 is 1.50 bits per heavy atom. The van der Waals surface area contributed by atoms with Crippen LogP contribution in [0.1, 0.15) is 28.1 Å². The highest BCUT2D eigenvalue weighted by Gasteiger charge is 2.22. The van der Waals surface area contributed by atoms with Crippen LogP contribution in [0.3, 0.4) is 0 Å². The first-order valence-corrected chi connectivity index (χ1v) is 7.87. The number of aromatic nitrogens is 1. The lowest BCUT2D eigenvalue weighted by Crippen LogP contribution is -2.47. The first kappa shape index (κ1) is 13.4. The monoisotopic (exact) mass is 289 g/mol. The van der Waals surface area contributed by atoms with Crippen LogP contribution >= 0.6 is 11.3 Å². The number of nitrogens with zero attached hydrogens (tertiary/aromatic N) is 1. The highest BCUT2D eigenvalue weighted by atomic mass is 32.1. The van der Waals surface area contributed by atoms with Crippen LogP contribution in [-0.4, -0.2) is 34.9 Å². The fraction of sp³-hybridized carbons (Fsp3) is 0.400. The molecule has 1 unspecified atom stereocenters. The summed E-state index contributed by atoms with van der Waals surface area (Å²) in [4.78, 5) is 18.8. The zero-order valence-electron chi connectivity index (χ0n) is 11.3. The van der Waals surface area contributed by atoms with Gasteiger partial charge in [-0.2, -0.15) is 0 Å². The second-order valence-electron chi connectivity index (χ2n) is 5.23. The number of hydrogen-bond donors (Lipinski definition) is 2. The molecule has 1 aliphatic heterocycles. The minimum atomic E-state index is 0.0224. The predicted octanol–water partition coefficient (Wildman–Crippen LogP) is 2.47. The molecule has 1 amide bonds. The van der Waals surface area contributed by atoms with Gasteiger partial charge in [-0.05, 0) is 36.9 Å². The van der Waals surface area contributed by atoms with Gasteiger partial charge in [-0.3, -0.25) is 9.69 Å². The number of carbonyl (C=O) groups excluding carboxylic acids is 1. The maximum Gasteiger partial charge on any atom is 0.253 e. The number of H-pyrrole nitrogens is 1. The average molecular weight is 289 g/mol. The van der Waals surface area contributed by atoms with Gasteiger partial charge in [-0.15, -0.1) is 11.3 Å². The maximum atomic E-state index is 12.1. The van der Waals surface area contributed by atoms with Gasteiger partial charge in [-0.1, -0.05) is 6.07 Å². The Labute approximate surface area is 122 Å². The molecule has 106 valence electrons. The van der Waals surface area contributed by atoms with Crippen molar-refractivity contribution in [2.24, 2.45) is 0 Å². The number of likely N-dealkylation sites (tertiary alicyclic amines) is 1. The molecule has 0 saturated carbocycles. The van der Waals surface area contributed by atoms with Crippen molar-refractivity contribution in [1.82, 2.24) is 15.2 Å². The lowest BCUT2D eigenvalue weighted by Gasteiger charge is -2.32. The molecule has 3 heterocycles. The molecule has 0 aromatic carbocycles. The van der Waals surface area contributed by atoms with E-state index in [2.05, 4.69) is 32.7 Å². The molecule has 2 aromatic rings. The Kier molecular flexibility index (Phi) is 4.18. The average Bonchev–Trinajstić information content (AvgIpc) is 3.12. The minimum absolute atomic E-state index is 0.0224. The lowest BCUT2D eigenvalue weighted by atomic mass is 10.1. The summed E-state index contributed by atoms with van der Waals surface area (Å²) in [5, 5.41) is 5.25. The highest BCUT2D eigenvalue weighted by Crippen LogP contribution is 2.17.